The van der Waals surface area contributed by atoms with Crippen LogP contribution in [0.15, 0.2) is 43.0 Å². The highest BCUT2D eigenvalue weighted by atomic mass is 16.2. The lowest BCUT2D eigenvalue weighted by atomic mass is 10.1. The van der Waals surface area contributed by atoms with Gasteiger partial charge in [0.25, 0.3) is 0 Å². The summed E-state index contributed by atoms with van der Waals surface area (Å²) >= 11 is 0. The summed E-state index contributed by atoms with van der Waals surface area (Å²) in [6, 6.07) is 0. The molecule has 0 aliphatic rings. The minimum absolute atomic E-state index is 0.151. The highest BCUT2D eigenvalue weighted by Gasteiger charge is 2.02. The molecule has 3 nitrogen and oxygen atoms in total. The molecule has 1 aromatic heterocycles. The molecule has 3 heteroatoms. The first-order chi connectivity index (χ1) is 11.8. The molecule has 0 N–H and O–H groups in total. The Labute approximate surface area is 147 Å². The highest BCUT2D eigenvalue weighted by Crippen LogP contribution is 2.09. The standard InChI is InChI=1S/C21H34N2O/c1-2-3-4-5-6-7-8-9-10-11-12-13-14-15-16-17-21(24)23-19-18-22-20-23/h6-7,9-10,18-20H,2-5,8,11-17H2,1H3. The summed E-state index contributed by atoms with van der Waals surface area (Å²) in [6.45, 7) is 2.24. The molecule has 0 unspecified atom stereocenters. The number of imidazole rings is 1. The van der Waals surface area contributed by atoms with Gasteiger partial charge in [-0.05, 0) is 38.5 Å². The Balaban J connectivity index is 1.85. The van der Waals surface area contributed by atoms with Crippen LogP contribution in [0.2, 0.25) is 0 Å². The number of aromatic nitrogens is 2. The van der Waals surface area contributed by atoms with Crippen molar-refractivity contribution < 1.29 is 4.79 Å². The van der Waals surface area contributed by atoms with Gasteiger partial charge in [-0.25, -0.2) is 4.98 Å². The Hall–Kier alpha value is -1.64. The van der Waals surface area contributed by atoms with Crippen LogP contribution in [0.1, 0.15) is 88.8 Å². The molecule has 24 heavy (non-hydrogen) atoms. The van der Waals surface area contributed by atoms with Crippen molar-refractivity contribution in [1.82, 2.24) is 9.55 Å². The maximum Gasteiger partial charge on any atom is 0.231 e. The fourth-order valence-corrected chi connectivity index (χ4v) is 2.62. The molecule has 0 aromatic carbocycles. The average molecular weight is 331 g/mol. The Morgan fingerprint density at radius 1 is 0.917 bits per heavy atom. The van der Waals surface area contributed by atoms with Gasteiger partial charge in [-0.15, -0.1) is 0 Å². The Kier molecular flexibility index (Phi) is 12.7. The van der Waals surface area contributed by atoms with Gasteiger partial charge < -0.3 is 0 Å². The van der Waals surface area contributed by atoms with Gasteiger partial charge in [-0.1, -0.05) is 63.3 Å². The SMILES string of the molecule is CCCCCC=CCC=CCCCCCCCC(=O)n1ccnc1. The van der Waals surface area contributed by atoms with Crippen LogP contribution in [-0.2, 0) is 0 Å². The molecule has 1 heterocycles. The minimum atomic E-state index is 0.151. The fourth-order valence-electron chi connectivity index (χ4n) is 2.62. The molecule has 0 bridgehead atoms. The van der Waals surface area contributed by atoms with Gasteiger partial charge in [0.2, 0.25) is 5.91 Å². The first-order valence-corrected chi connectivity index (χ1v) is 9.65. The number of carbonyl (C=O) groups excluding carboxylic acids is 1. The van der Waals surface area contributed by atoms with E-state index in [0.717, 1.165) is 19.3 Å². The summed E-state index contributed by atoms with van der Waals surface area (Å²) < 4.78 is 1.57. The van der Waals surface area contributed by atoms with E-state index in [1.807, 2.05) is 0 Å². The summed E-state index contributed by atoms with van der Waals surface area (Å²) in [5.41, 5.74) is 0. The van der Waals surface area contributed by atoms with Crippen molar-refractivity contribution in [3.8, 4) is 0 Å². The fraction of sp³-hybridized carbons (Fsp3) is 0.619. The van der Waals surface area contributed by atoms with Crippen molar-refractivity contribution in [2.75, 3.05) is 0 Å². The second kappa shape index (κ2) is 14.9. The van der Waals surface area contributed by atoms with E-state index in [1.165, 1.54) is 51.4 Å². The normalized spacial score (nSPS) is 11.7. The lowest BCUT2D eigenvalue weighted by molar-refractivity contribution is 0.0898. The van der Waals surface area contributed by atoms with E-state index in [1.54, 1.807) is 23.3 Å². The van der Waals surface area contributed by atoms with E-state index >= 15 is 0 Å². The van der Waals surface area contributed by atoms with Gasteiger partial charge in [-0.3, -0.25) is 9.36 Å². The van der Waals surface area contributed by atoms with Crippen LogP contribution in [0, 0.1) is 0 Å². The summed E-state index contributed by atoms with van der Waals surface area (Å²) in [5, 5.41) is 0. The molecule has 134 valence electrons. The largest absolute Gasteiger partial charge is 0.276 e. The Bertz CT molecular complexity index is 460. The van der Waals surface area contributed by atoms with Gasteiger partial charge in [-0.2, -0.15) is 0 Å². The maximum absolute atomic E-state index is 11.7. The minimum Gasteiger partial charge on any atom is -0.276 e. The average Bonchev–Trinajstić information content (AvgIpc) is 3.13. The number of rotatable bonds is 14. The third kappa shape index (κ3) is 11.0. The Morgan fingerprint density at radius 3 is 2.25 bits per heavy atom. The molecular formula is C21H34N2O. The number of hydrogen-bond donors (Lipinski definition) is 0. The molecule has 0 amide bonds. The van der Waals surface area contributed by atoms with Crippen LogP contribution >= 0.6 is 0 Å². The van der Waals surface area contributed by atoms with Crippen LogP contribution in [0.5, 0.6) is 0 Å². The molecule has 0 saturated carbocycles. The molecule has 0 saturated heterocycles. The predicted octanol–water partition coefficient (Wildman–Crippen LogP) is 6.34. The van der Waals surface area contributed by atoms with Crippen LogP contribution in [0.25, 0.3) is 0 Å². The van der Waals surface area contributed by atoms with Gasteiger partial charge in [0, 0.05) is 18.8 Å². The van der Waals surface area contributed by atoms with E-state index in [0.29, 0.717) is 6.42 Å². The van der Waals surface area contributed by atoms with Gasteiger partial charge in [0.15, 0.2) is 0 Å². The van der Waals surface area contributed by atoms with Crippen molar-refractivity contribution >= 4 is 5.91 Å². The molecular weight excluding hydrogens is 296 g/mol. The van der Waals surface area contributed by atoms with Crippen molar-refractivity contribution in [3.63, 3.8) is 0 Å². The molecule has 0 aliphatic carbocycles. The third-order valence-corrected chi connectivity index (χ3v) is 4.13. The maximum atomic E-state index is 11.7. The van der Waals surface area contributed by atoms with E-state index in [2.05, 4.69) is 36.2 Å². The second-order valence-corrected chi connectivity index (χ2v) is 6.34. The lowest BCUT2D eigenvalue weighted by Gasteiger charge is -2.01. The van der Waals surface area contributed by atoms with Gasteiger partial charge in [0.05, 0.1) is 0 Å². The summed E-state index contributed by atoms with van der Waals surface area (Å²) in [5.74, 6) is 0.151. The molecule has 0 aliphatic heterocycles. The van der Waals surface area contributed by atoms with Crippen LogP contribution in [-0.4, -0.2) is 15.5 Å². The molecule has 1 rings (SSSR count). The molecule has 1 aromatic rings. The molecule has 0 spiro atoms. The summed E-state index contributed by atoms with van der Waals surface area (Å²) in [4.78, 5) is 15.6. The zero-order valence-corrected chi connectivity index (χ0v) is 15.3. The third-order valence-electron chi connectivity index (χ3n) is 4.13. The van der Waals surface area contributed by atoms with Crippen LogP contribution < -0.4 is 0 Å². The first-order valence-electron chi connectivity index (χ1n) is 9.65. The summed E-state index contributed by atoms with van der Waals surface area (Å²) in [7, 11) is 0. The first kappa shape index (κ1) is 20.4. The van der Waals surface area contributed by atoms with Crippen molar-refractivity contribution in [2.24, 2.45) is 0 Å². The number of allylic oxidation sites excluding steroid dienone is 4. The van der Waals surface area contributed by atoms with Crippen LogP contribution in [0.4, 0.5) is 0 Å². The van der Waals surface area contributed by atoms with Crippen molar-refractivity contribution in [2.45, 2.75) is 84.0 Å². The molecule has 0 atom stereocenters. The zero-order valence-electron chi connectivity index (χ0n) is 15.3. The molecule has 0 radical (unpaired) electrons. The Morgan fingerprint density at radius 2 is 1.58 bits per heavy atom. The van der Waals surface area contributed by atoms with Crippen molar-refractivity contribution in [3.05, 3.63) is 43.0 Å². The van der Waals surface area contributed by atoms with Crippen LogP contribution in [0.3, 0.4) is 0 Å². The van der Waals surface area contributed by atoms with E-state index < -0.39 is 0 Å². The number of unbranched alkanes of at least 4 members (excludes halogenated alkanes) is 8. The summed E-state index contributed by atoms with van der Waals surface area (Å²) in [6.07, 6.45) is 28.1. The predicted molar refractivity (Wildman–Crippen MR) is 102 cm³/mol. The van der Waals surface area contributed by atoms with E-state index in [-0.39, 0.29) is 5.91 Å². The van der Waals surface area contributed by atoms with Gasteiger partial charge >= 0.3 is 0 Å². The topological polar surface area (TPSA) is 34.9 Å². The van der Waals surface area contributed by atoms with E-state index in [9.17, 15) is 4.79 Å². The monoisotopic (exact) mass is 330 g/mol. The molecule has 0 fully saturated rings. The highest BCUT2D eigenvalue weighted by molar-refractivity contribution is 5.78. The number of carbonyl (C=O) groups is 1. The van der Waals surface area contributed by atoms with Crippen molar-refractivity contribution in [1.29, 1.82) is 0 Å². The van der Waals surface area contributed by atoms with Gasteiger partial charge in [0.1, 0.15) is 6.33 Å². The number of hydrogen-bond acceptors (Lipinski definition) is 2. The number of nitrogens with zero attached hydrogens (tertiary/aromatic N) is 2. The zero-order chi connectivity index (χ0) is 17.3. The second-order valence-electron chi connectivity index (χ2n) is 6.34. The smallest absolute Gasteiger partial charge is 0.231 e. The lowest BCUT2D eigenvalue weighted by Crippen LogP contribution is -2.07. The van der Waals surface area contributed by atoms with E-state index in [4.69, 9.17) is 0 Å². The quantitative estimate of drug-likeness (QED) is 0.295.